The van der Waals surface area contributed by atoms with Gasteiger partial charge < -0.3 is 9.84 Å². The second kappa shape index (κ2) is 10.3. The molecular weight excluding hydrogens is 440 g/mol. The van der Waals surface area contributed by atoms with E-state index in [1.165, 1.54) is 12.1 Å². The highest BCUT2D eigenvalue weighted by Gasteiger charge is 2.21. The molecule has 0 spiro atoms. The third-order valence-corrected chi connectivity index (χ3v) is 5.95. The fourth-order valence-corrected chi connectivity index (χ4v) is 4.24. The lowest BCUT2D eigenvalue weighted by Gasteiger charge is -2.29. The molecule has 3 aromatic rings. The van der Waals surface area contributed by atoms with Crippen molar-refractivity contribution in [2.75, 3.05) is 13.1 Å². The highest BCUT2D eigenvalue weighted by Crippen LogP contribution is 2.27. The van der Waals surface area contributed by atoms with Crippen molar-refractivity contribution in [2.45, 2.75) is 39.8 Å². The molecule has 2 aromatic carbocycles. The maximum atomic E-state index is 13.9. The number of aliphatic carboxylic acids is 1. The van der Waals surface area contributed by atoms with Gasteiger partial charge >= 0.3 is 5.97 Å². The average molecular weight is 468 g/mol. The standard InChI is InChI=1S/C26H27F2N3O3/c1-16(10-24(32)33)13-31-9-8-22-20(14-31)12-29-26(30-22)18-6-7-23(17(2)11-18)34-15-19-4-3-5-21(27)25(19)28/h3-7,11-12,16H,8-10,13-15H2,1-2H3,(H,32,33). The SMILES string of the molecule is Cc1cc(-c2ncc3c(n2)CCN(CC(C)CC(=O)O)C3)ccc1OCc1cccc(F)c1F. The van der Waals surface area contributed by atoms with Crippen molar-refractivity contribution in [3.63, 3.8) is 0 Å². The van der Waals surface area contributed by atoms with Crippen molar-refractivity contribution in [3.8, 4) is 17.1 Å². The van der Waals surface area contributed by atoms with Gasteiger partial charge in [0.05, 0.1) is 5.69 Å². The predicted molar refractivity (Wildman–Crippen MR) is 123 cm³/mol. The Bertz CT molecular complexity index is 1200. The topological polar surface area (TPSA) is 75.6 Å². The van der Waals surface area contributed by atoms with Gasteiger partial charge in [-0.2, -0.15) is 0 Å². The molecule has 0 radical (unpaired) electrons. The molecule has 0 saturated heterocycles. The number of carboxylic acid groups (broad SMARTS) is 1. The van der Waals surface area contributed by atoms with Crippen LogP contribution in [-0.4, -0.2) is 39.0 Å². The number of hydrogen-bond acceptors (Lipinski definition) is 5. The van der Waals surface area contributed by atoms with Crippen molar-refractivity contribution in [3.05, 3.63) is 76.6 Å². The van der Waals surface area contributed by atoms with Crippen LogP contribution in [0.25, 0.3) is 11.4 Å². The van der Waals surface area contributed by atoms with Crippen LogP contribution in [-0.2, 0) is 24.4 Å². The monoisotopic (exact) mass is 467 g/mol. The molecule has 178 valence electrons. The van der Waals surface area contributed by atoms with Crippen molar-refractivity contribution in [1.29, 1.82) is 0 Å². The summed E-state index contributed by atoms with van der Waals surface area (Å²) in [6.07, 6.45) is 2.79. The van der Waals surface area contributed by atoms with Crippen molar-refractivity contribution in [2.24, 2.45) is 5.92 Å². The molecule has 1 aliphatic rings. The highest BCUT2D eigenvalue weighted by atomic mass is 19.2. The molecule has 2 heterocycles. The van der Waals surface area contributed by atoms with E-state index in [1.54, 1.807) is 6.07 Å². The van der Waals surface area contributed by atoms with E-state index in [0.717, 1.165) is 48.0 Å². The molecule has 0 bridgehead atoms. The summed E-state index contributed by atoms with van der Waals surface area (Å²) in [4.78, 5) is 22.5. The number of fused-ring (bicyclic) bond motifs is 1. The number of carboxylic acids is 1. The summed E-state index contributed by atoms with van der Waals surface area (Å²) in [5, 5.41) is 8.97. The van der Waals surface area contributed by atoms with Crippen LogP contribution >= 0.6 is 0 Å². The lowest BCUT2D eigenvalue weighted by molar-refractivity contribution is -0.138. The molecule has 1 N–H and O–H groups in total. The van der Waals surface area contributed by atoms with E-state index in [-0.39, 0.29) is 24.5 Å². The first-order valence-corrected chi connectivity index (χ1v) is 11.3. The predicted octanol–water partition coefficient (Wildman–Crippen LogP) is 4.78. The van der Waals surface area contributed by atoms with Gasteiger partial charge in [-0.15, -0.1) is 0 Å². The van der Waals surface area contributed by atoms with Gasteiger partial charge in [0.15, 0.2) is 17.5 Å². The Labute approximate surface area is 197 Å². The van der Waals surface area contributed by atoms with Crippen LogP contribution < -0.4 is 4.74 Å². The maximum absolute atomic E-state index is 13.9. The number of carbonyl (C=O) groups is 1. The molecule has 0 amide bonds. The third kappa shape index (κ3) is 5.56. The lowest BCUT2D eigenvalue weighted by Crippen LogP contribution is -2.35. The first-order chi connectivity index (χ1) is 16.3. The molecule has 1 aromatic heterocycles. The van der Waals surface area contributed by atoms with Gasteiger partial charge in [0, 0.05) is 55.4 Å². The van der Waals surface area contributed by atoms with Gasteiger partial charge in [0.1, 0.15) is 12.4 Å². The smallest absolute Gasteiger partial charge is 0.303 e. The van der Waals surface area contributed by atoms with Crippen LogP contribution in [0.15, 0.2) is 42.6 Å². The minimum absolute atomic E-state index is 0.0687. The van der Waals surface area contributed by atoms with E-state index >= 15 is 0 Å². The Morgan fingerprint density at radius 1 is 1.26 bits per heavy atom. The van der Waals surface area contributed by atoms with Crippen LogP contribution in [0.5, 0.6) is 5.75 Å². The first-order valence-electron chi connectivity index (χ1n) is 11.3. The fourth-order valence-electron chi connectivity index (χ4n) is 4.24. The molecule has 1 atom stereocenters. The Morgan fingerprint density at radius 2 is 2.09 bits per heavy atom. The van der Waals surface area contributed by atoms with Gasteiger partial charge in [-0.25, -0.2) is 18.7 Å². The summed E-state index contributed by atoms with van der Waals surface area (Å²) >= 11 is 0. The minimum atomic E-state index is -0.894. The van der Waals surface area contributed by atoms with Gasteiger partial charge in [0.25, 0.3) is 0 Å². The van der Waals surface area contributed by atoms with E-state index in [4.69, 9.17) is 14.8 Å². The van der Waals surface area contributed by atoms with E-state index in [9.17, 15) is 13.6 Å². The summed E-state index contributed by atoms with van der Waals surface area (Å²) < 4.78 is 33.0. The largest absolute Gasteiger partial charge is 0.489 e. The number of nitrogens with zero attached hydrogens (tertiary/aromatic N) is 3. The number of rotatable bonds is 8. The van der Waals surface area contributed by atoms with Crippen molar-refractivity contribution >= 4 is 5.97 Å². The summed E-state index contributed by atoms with van der Waals surface area (Å²) in [5.41, 5.74) is 3.92. The van der Waals surface area contributed by atoms with E-state index in [1.807, 2.05) is 32.2 Å². The highest BCUT2D eigenvalue weighted by molar-refractivity contribution is 5.67. The summed E-state index contributed by atoms with van der Waals surface area (Å²) in [6.45, 7) is 6.04. The zero-order valence-corrected chi connectivity index (χ0v) is 19.2. The third-order valence-electron chi connectivity index (χ3n) is 5.95. The van der Waals surface area contributed by atoms with Crippen LogP contribution in [0, 0.1) is 24.5 Å². The normalized spacial score (nSPS) is 14.5. The number of benzene rings is 2. The second-order valence-electron chi connectivity index (χ2n) is 8.84. The molecule has 0 saturated carbocycles. The summed E-state index contributed by atoms with van der Waals surface area (Å²) in [6, 6.07) is 9.59. The molecule has 8 heteroatoms. The number of aromatic nitrogens is 2. The van der Waals surface area contributed by atoms with Crippen molar-refractivity contribution in [1.82, 2.24) is 14.9 Å². The molecule has 1 unspecified atom stereocenters. The molecule has 0 aliphatic carbocycles. The zero-order chi connectivity index (χ0) is 24.2. The fraction of sp³-hybridized carbons (Fsp3) is 0.346. The van der Waals surface area contributed by atoms with Crippen molar-refractivity contribution < 1.29 is 23.4 Å². The summed E-state index contributed by atoms with van der Waals surface area (Å²) in [5.74, 6) is -1.27. The van der Waals surface area contributed by atoms with Gasteiger partial charge in [-0.05, 0) is 42.7 Å². The van der Waals surface area contributed by atoms with Crippen LogP contribution in [0.3, 0.4) is 0 Å². The van der Waals surface area contributed by atoms with Crippen LogP contribution in [0.2, 0.25) is 0 Å². The van der Waals surface area contributed by atoms with E-state index < -0.39 is 17.6 Å². The Kier molecular flexibility index (Phi) is 7.17. The van der Waals surface area contributed by atoms with E-state index in [0.29, 0.717) is 18.1 Å². The van der Waals surface area contributed by atoms with E-state index in [2.05, 4.69) is 9.88 Å². The number of hydrogen-bond donors (Lipinski definition) is 1. The Hall–Kier alpha value is -3.39. The van der Waals surface area contributed by atoms with Gasteiger partial charge in [-0.3, -0.25) is 9.69 Å². The maximum Gasteiger partial charge on any atom is 0.303 e. The Balaban J connectivity index is 1.42. The summed E-state index contributed by atoms with van der Waals surface area (Å²) in [7, 11) is 0. The molecule has 6 nitrogen and oxygen atoms in total. The number of halogens is 2. The van der Waals surface area contributed by atoms with Crippen LogP contribution in [0.4, 0.5) is 8.78 Å². The van der Waals surface area contributed by atoms with Crippen LogP contribution in [0.1, 0.15) is 35.7 Å². The van der Waals surface area contributed by atoms with Gasteiger partial charge in [0.2, 0.25) is 0 Å². The molecule has 34 heavy (non-hydrogen) atoms. The number of aryl methyl sites for hydroxylation is 1. The quantitative estimate of drug-likeness (QED) is 0.514. The zero-order valence-electron chi connectivity index (χ0n) is 19.2. The first kappa shape index (κ1) is 23.8. The molecule has 4 rings (SSSR count). The van der Waals surface area contributed by atoms with Gasteiger partial charge in [-0.1, -0.05) is 19.1 Å². The second-order valence-corrected chi connectivity index (χ2v) is 8.84. The Morgan fingerprint density at radius 3 is 2.85 bits per heavy atom. The average Bonchev–Trinajstić information content (AvgIpc) is 2.79. The minimum Gasteiger partial charge on any atom is -0.489 e. The molecule has 0 fully saturated rings. The lowest BCUT2D eigenvalue weighted by atomic mass is 10.0. The molecule has 1 aliphatic heterocycles. The number of ether oxygens (including phenoxy) is 1. The molecular formula is C26H27F2N3O3.